The van der Waals surface area contributed by atoms with Gasteiger partial charge in [-0.1, -0.05) is 19.8 Å². The molecule has 0 spiro atoms. The fraction of sp³-hybridized carbons (Fsp3) is 0.917. The lowest BCUT2D eigenvalue weighted by molar-refractivity contribution is 0.0453. The van der Waals surface area contributed by atoms with E-state index >= 15 is 0 Å². The van der Waals surface area contributed by atoms with Crippen LogP contribution in [0.1, 0.15) is 59.8 Å². The molecule has 0 saturated heterocycles. The number of nitrogens with one attached hydrogen (secondary N) is 1. The molecular weight excluding hydrogens is 190 g/mol. The number of carbonyl (C=O) groups is 1. The fourth-order valence-corrected chi connectivity index (χ4v) is 2.14. The van der Waals surface area contributed by atoms with Crippen LogP contribution >= 0.6 is 0 Å². The topological polar surface area (TPSA) is 38.3 Å². The summed E-state index contributed by atoms with van der Waals surface area (Å²) < 4.78 is 5.28. The number of amides is 1. The van der Waals surface area contributed by atoms with Crippen molar-refractivity contribution in [2.24, 2.45) is 0 Å². The number of carbonyl (C=O) groups excluding carboxylic acids is 1. The maximum atomic E-state index is 11.6. The van der Waals surface area contributed by atoms with Gasteiger partial charge in [-0.3, -0.25) is 0 Å². The molecule has 0 aromatic heterocycles. The number of ether oxygens (including phenoxy) is 1. The van der Waals surface area contributed by atoms with Gasteiger partial charge in [0.1, 0.15) is 5.60 Å². The summed E-state index contributed by atoms with van der Waals surface area (Å²) >= 11 is 0. The average molecular weight is 213 g/mol. The predicted molar refractivity (Wildman–Crippen MR) is 60.9 cm³/mol. The maximum absolute atomic E-state index is 11.6. The van der Waals surface area contributed by atoms with Crippen LogP contribution in [0, 0.1) is 0 Å². The van der Waals surface area contributed by atoms with E-state index in [9.17, 15) is 4.79 Å². The van der Waals surface area contributed by atoms with Crippen molar-refractivity contribution in [3.8, 4) is 0 Å². The van der Waals surface area contributed by atoms with Crippen LogP contribution in [0.5, 0.6) is 0 Å². The highest BCUT2D eigenvalue weighted by Gasteiger charge is 2.34. The van der Waals surface area contributed by atoms with E-state index in [2.05, 4.69) is 12.2 Å². The maximum Gasteiger partial charge on any atom is 0.408 e. The monoisotopic (exact) mass is 213 g/mol. The standard InChI is InChI=1S/C12H23NO2/c1-5-12(8-6-7-9-12)13-10(14)15-11(2,3)4/h5-9H2,1-4H3,(H,13,14). The minimum atomic E-state index is -0.405. The zero-order valence-electron chi connectivity index (χ0n) is 10.4. The van der Waals surface area contributed by atoms with Crippen molar-refractivity contribution in [1.82, 2.24) is 5.32 Å². The van der Waals surface area contributed by atoms with Crippen molar-refractivity contribution < 1.29 is 9.53 Å². The molecule has 88 valence electrons. The smallest absolute Gasteiger partial charge is 0.408 e. The number of hydrogen-bond acceptors (Lipinski definition) is 2. The third-order valence-electron chi connectivity index (χ3n) is 3.00. The van der Waals surface area contributed by atoms with E-state index in [0.717, 1.165) is 19.3 Å². The van der Waals surface area contributed by atoms with Gasteiger partial charge in [0.25, 0.3) is 0 Å². The van der Waals surface area contributed by atoms with Gasteiger partial charge in [0.05, 0.1) is 0 Å². The molecule has 0 heterocycles. The third-order valence-corrected chi connectivity index (χ3v) is 3.00. The van der Waals surface area contributed by atoms with Crippen molar-refractivity contribution >= 4 is 6.09 Å². The molecule has 1 N–H and O–H groups in total. The molecule has 0 aromatic rings. The second-order valence-corrected chi connectivity index (χ2v) is 5.47. The van der Waals surface area contributed by atoms with Gasteiger partial charge in [0.15, 0.2) is 0 Å². The van der Waals surface area contributed by atoms with Gasteiger partial charge in [0.2, 0.25) is 0 Å². The summed E-state index contributed by atoms with van der Waals surface area (Å²) in [7, 11) is 0. The third kappa shape index (κ3) is 3.73. The van der Waals surface area contributed by atoms with Crippen molar-refractivity contribution in [2.45, 2.75) is 70.9 Å². The predicted octanol–water partition coefficient (Wildman–Crippen LogP) is 3.23. The molecule has 0 aromatic carbocycles. The van der Waals surface area contributed by atoms with Gasteiger partial charge in [-0.05, 0) is 40.0 Å². The molecule has 1 fully saturated rings. The van der Waals surface area contributed by atoms with E-state index in [0.29, 0.717) is 0 Å². The zero-order valence-corrected chi connectivity index (χ0v) is 10.4. The van der Waals surface area contributed by atoms with E-state index < -0.39 is 5.60 Å². The van der Waals surface area contributed by atoms with Crippen LogP contribution in [0.3, 0.4) is 0 Å². The number of rotatable bonds is 2. The molecule has 0 radical (unpaired) electrons. The Kier molecular flexibility index (Phi) is 3.63. The number of alkyl carbamates (subject to hydrolysis) is 1. The summed E-state index contributed by atoms with van der Waals surface area (Å²) in [5, 5.41) is 3.04. The Hall–Kier alpha value is -0.730. The molecule has 0 aliphatic heterocycles. The van der Waals surface area contributed by atoms with Crippen molar-refractivity contribution in [1.29, 1.82) is 0 Å². The Labute approximate surface area is 92.6 Å². The Balaban J connectivity index is 2.49. The molecule has 15 heavy (non-hydrogen) atoms. The van der Waals surface area contributed by atoms with E-state index in [1.807, 2.05) is 20.8 Å². The van der Waals surface area contributed by atoms with Crippen LogP contribution < -0.4 is 5.32 Å². The van der Waals surface area contributed by atoms with Gasteiger partial charge in [-0.2, -0.15) is 0 Å². The van der Waals surface area contributed by atoms with E-state index in [-0.39, 0.29) is 11.6 Å². The van der Waals surface area contributed by atoms with Gasteiger partial charge >= 0.3 is 6.09 Å². The summed E-state index contributed by atoms with van der Waals surface area (Å²) in [5.41, 5.74) is -0.403. The van der Waals surface area contributed by atoms with Gasteiger partial charge in [-0.25, -0.2) is 4.79 Å². The average Bonchev–Trinajstić information content (AvgIpc) is 2.50. The Morgan fingerprint density at radius 2 is 1.87 bits per heavy atom. The first-order chi connectivity index (χ1) is 6.87. The molecule has 1 aliphatic rings. The first-order valence-electron chi connectivity index (χ1n) is 5.88. The largest absolute Gasteiger partial charge is 0.444 e. The van der Waals surface area contributed by atoms with Crippen LogP contribution in [0.4, 0.5) is 4.79 Å². The number of hydrogen-bond donors (Lipinski definition) is 1. The Morgan fingerprint density at radius 3 is 2.27 bits per heavy atom. The normalized spacial score (nSPS) is 20.0. The minimum absolute atomic E-state index is 0.00231. The second-order valence-electron chi connectivity index (χ2n) is 5.47. The summed E-state index contributed by atoms with van der Waals surface area (Å²) in [6, 6.07) is 0. The summed E-state index contributed by atoms with van der Waals surface area (Å²) in [4.78, 5) is 11.6. The van der Waals surface area contributed by atoms with E-state index in [1.54, 1.807) is 0 Å². The van der Waals surface area contributed by atoms with Crippen LogP contribution in [0.25, 0.3) is 0 Å². The summed E-state index contributed by atoms with van der Waals surface area (Å²) in [6.07, 6.45) is 5.32. The first kappa shape index (κ1) is 12.3. The Bertz CT molecular complexity index is 224. The van der Waals surface area contributed by atoms with Crippen molar-refractivity contribution in [3.63, 3.8) is 0 Å². The zero-order chi connectivity index (χ0) is 11.5. The lowest BCUT2D eigenvalue weighted by Crippen LogP contribution is -2.47. The van der Waals surface area contributed by atoms with Crippen molar-refractivity contribution in [3.05, 3.63) is 0 Å². The summed E-state index contributed by atoms with van der Waals surface area (Å²) in [5.74, 6) is 0. The van der Waals surface area contributed by atoms with Crippen molar-refractivity contribution in [2.75, 3.05) is 0 Å². The van der Waals surface area contributed by atoms with Gasteiger partial charge in [0, 0.05) is 5.54 Å². The highest BCUT2D eigenvalue weighted by atomic mass is 16.6. The lowest BCUT2D eigenvalue weighted by atomic mass is 9.95. The summed E-state index contributed by atoms with van der Waals surface area (Å²) in [6.45, 7) is 7.79. The molecule has 1 aliphatic carbocycles. The van der Waals surface area contributed by atoms with E-state index in [1.165, 1.54) is 12.8 Å². The molecule has 3 nitrogen and oxygen atoms in total. The molecule has 3 heteroatoms. The van der Waals surface area contributed by atoms with Crippen LogP contribution in [-0.4, -0.2) is 17.2 Å². The van der Waals surface area contributed by atoms with Gasteiger partial charge in [-0.15, -0.1) is 0 Å². The molecule has 1 saturated carbocycles. The van der Waals surface area contributed by atoms with Crippen LogP contribution in [-0.2, 0) is 4.74 Å². The van der Waals surface area contributed by atoms with Crippen LogP contribution in [0.2, 0.25) is 0 Å². The molecule has 1 amide bonds. The quantitative estimate of drug-likeness (QED) is 0.764. The fourth-order valence-electron chi connectivity index (χ4n) is 2.14. The van der Waals surface area contributed by atoms with Crippen LogP contribution in [0.15, 0.2) is 0 Å². The molecule has 1 rings (SSSR count). The highest BCUT2D eigenvalue weighted by Crippen LogP contribution is 2.32. The SMILES string of the molecule is CCC1(NC(=O)OC(C)(C)C)CCCC1. The van der Waals surface area contributed by atoms with E-state index in [4.69, 9.17) is 4.74 Å². The lowest BCUT2D eigenvalue weighted by Gasteiger charge is -2.30. The second kappa shape index (κ2) is 4.42. The highest BCUT2D eigenvalue weighted by molar-refractivity contribution is 5.68. The minimum Gasteiger partial charge on any atom is -0.444 e. The Morgan fingerprint density at radius 1 is 1.33 bits per heavy atom. The molecular formula is C12H23NO2. The molecule has 0 atom stereocenters. The first-order valence-corrected chi connectivity index (χ1v) is 5.88. The molecule has 0 unspecified atom stereocenters. The van der Waals surface area contributed by atoms with Gasteiger partial charge < -0.3 is 10.1 Å². The molecule has 0 bridgehead atoms.